The van der Waals surface area contributed by atoms with E-state index in [4.69, 9.17) is 0 Å². The number of halogens is 1. The Morgan fingerprint density at radius 1 is 1.06 bits per heavy atom. The Labute approximate surface area is 204 Å². The molecule has 9 heteroatoms. The Balaban J connectivity index is 1.14. The van der Waals surface area contributed by atoms with E-state index in [2.05, 4.69) is 16.4 Å². The van der Waals surface area contributed by atoms with Crippen LogP contribution in [0.25, 0.3) is 5.57 Å². The number of aromatic nitrogens is 1. The van der Waals surface area contributed by atoms with Crippen molar-refractivity contribution in [3.63, 3.8) is 0 Å². The van der Waals surface area contributed by atoms with E-state index in [9.17, 15) is 19.1 Å². The van der Waals surface area contributed by atoms with Crippen molar-refractivity contribution in [2.75, 3.05) is 31.5 Å². The van der Waals surface area contributed by atoms with Crippen LogP contribution in [0.1, 0.15) is 43.0 Å². The minimum atomic E-state index is -0.673. The number of rotatable bonds is 2. The van der Waals surface area contributed by atoms with E-state index < -0.39 is 11.4 Å². The Morgan fingerprint density at radius 2 is 1.80 bits per heavy atom. The number of amides is 4. The maximum absolute atomic E-state index is 13.4. The van der Waals surface area contributed by atoms with Crippen LogP contribution in [0.5, 0.6) is 0 Å². The minimum absolute atomic E-state index is 0.0378. The summed E-state index contributed by atoms with van der Waals surface area (Å²) >= 11 is 0. The summed E-state index contributed by atoms with van der Waals surface area (Å²) in [5, 5.41) is 13.0. The number of nitrogens with one attached hydrogen (secondary N) is 1. The van der Waals surface area contributed by atoms with Crippen molar-refractivity contribution in [1.82, 2.24) is 19.7 Å². The average Bonchev–Trinajstić information content (AvgIpc) is 3.28. The summed E-state index contributed by atoms with van der Waals surface area (Å²) in [6, 6.07) is 8.90. The number of pyridine rings is 1. The standard InChI is InChI=1S/C26H30FN5O3/c1-26(35)8-12-31(13-9-26)25(34)30-10-6-19(7-11-30)18-2-4-22(5-3-18)29-24(33)32-16-20-14-21(27)15-28-23(20)17-32/h2-6,14-15,35H,7-13,16-17H2,1H3,(H,29,33). The van der Waals surface area contributed by atoms with E-state index in [0.29, 0.717) is 57.8 Å². The van der Waals surface area contributed by atoms with E-state index in [1.165, 1.54) is 17.8 Å². The van der Waals surface area contributed by atoms with Gasteiger partial charge in [0.2, 0.25) is 0 Å². The van der Waals surface area contributed by atoms with Gasteiger partial charge in [-0.05, 0) is 61.1 Å². The highest BCUT2D eigenvalue weighted by atomic mass is 19.1. The predicted octanol–water partition coefficient (Wildman–Crippen LogP) is 3.82. The van der Waals surface area contributed by atoms with Crippen molar-refractivity contribution < 1.29 is 19.1 Å². The quantitative estimate of drug-likeness (QED) is 0.685. The van der Waals surface area contributed by atoms with Crippen LogP contribution in [0.3, 0.4) is 0 Å². The van der Waals surface area contributed by atoms with Crippen LogP contribution in [0.2, 0.25) is 0 Å². The summed E-state index contributed by atoms with van der Waals surface area (Å²) in [5.41, 5.74) is 3.71. The maximum atomic E-state index is 13.4. The molecular formula is C26H30FN5O3. The first-order chi connectivity index (χ1) is 16.8. The third kappa shape index (κ3) is 5.14. The molecule has 35 heavy (non-hydrogen) atoms. The molecular weight excluding hydrogens is 449 g/mol. The van der Waals surface area contributed by atoms with Gasteiger partial charge in [0.15, 0.2) is 0 Å². The molecule has 0 aliphatic carbocycles. The van der Waals surface area contributed by atoms with Gasteiger partial charge in [-0.2, -0.15) is 0 Å². The average molecular weight is 480 g/mol. The lowest BCUT2D eigenvalue weighted by Crippen LogP contribution is -2.51. The Kier molecular flexibility index (Phi) is 6.19. The van der Waals surface area contributed by atoms with Gasteiger partial charge in [-0.3, -0.25) is 4.98 Å². The van der Waals surface area contributed by atoms with Gasteiger partial charge in [0.1, 0.15) is 5.82 Å². The van der Waals surface area contributed by atoms with Gasteiger partial charge >= 0.3 is 12.1 Å². The smallest absolute Gasteiger partial charge is 0.322 e. The van der Waals surface area contributed by atoms with Crippen molar-refractivity contribution >= 4 is 23.3 Å². The number of benzene rings is 1. The monoisotopic (exact) mass is 479 g/mol. The van der Waals surface area contributed by atoms with Gasteiger partial charge in [0, 0.05) is 38.4 Å². The second-order valence-electron chi connectivity index (χ2n) is 9.81. The molecule has 184 valence electrons. The zero-order chi connectivity index (χ0) is 24.6. The summed E-state index contributed by atoms with van der Waals surface area (Å²) in [4.78, 5) is 34.8. The van der Waals surface area contributed by atoms with E-state index in [1.54, 1.807) is 4.90 Å². The molecule has 5 rings (SSSR count). The van der Waals surface area contributed by atoms with Crippen molar-refractivity contribution in [3.05, 3.63) is 65.2 Å². The fraction of sp³-hybridized carbons (Fsp3) is 0.423. The minimum Gasteiger partial charge on any atom is -0.390 e. The van der Waals surface area contributed by atoms with Crippen LogP contribution in [-0.4, -0.2) is 68.6 Å². The second kappa shape index (κ2) is 9.30. The number of likely N-dealkylation sites (tertiary alicyclic amines) is 1. The fourth-order valence-electron chi connectivity index (χ4n) is 4.83. The number of urea groups is 2. The number of anilines is 1. The molecule has 8 nitrogen and oxygen atoms in total. The number of nitrogens with zero attached hydrogens (tertiary/aromatic N) is 4. The lowest BCUT2D eigenvalue weighted by Gasteiger charge is -2.39. The molecule has 4 amide bonds. The SMILES string of the molecule is CC1(O)CCN(C(=O)N2CC=C(c3ccc(NC(=O)N4Cc5cc(F)cnc5C4)cc3)CC2)CC1. The summed E-state index contributed by atoms with van der Waals surface area (Å²) in [7, 11) is 0. The first-order valence-corrected chi connectivity index (χ1v) is 12.0. The summed E-state index contributed by atoms with van der Waals surface area (Å²) in [6.45, 7) is 4.91. The molecule has 0 bridgehead atoms. The third-order valence-electron chi connectivity index (χ3n) is 7.11. The molecule has 0 spiro atoms. The number of carbonyl (C=O) groups is 2. The van der Waals surface area contributed by atoms with Gasteiger partial charge in [-0.25, -0.2) is 14.0 Å². The molecule has 3 aliphatic heterocycles. The first-order valence-electron chi connectivity index (χ1n) is 12.0. The van der Waals surface area contributed by atoms with Crippen molar-refractivity contribution in [3.8, 4) is 0 Å². The molecule has 3 aliphatic rings. The molecule has 0 radical (unpaired) electrons. The Bertz CT molecular complexity index is 1150. The Hall–Kier alpha value is -3.46. The molecule has 1 fully saturated rings. The van der Waals surface area contributed by atoms with E-state index in [0.717, 1.165) is 23.2 Å². The molecule has 2 aromatic rings. The normalized spacial score (nSPS) is 19.3. The number of fused-ring (bicyclic) bond motifs is 1. The van der Waals surface area contributed by atoms with Crippen molar-refractivity contribution in [1.29, 1.82) is 0 Å². The van der Waals surface area contributed by atoms with E-state index in [1.807, 2.05) is 41.0 Å². The van der Waals surface area contributed by atoms with E-state index in [-0.39, 0.29) is 12.1 Å². The molecule has 1 aromatic carbocycles. The number of hydrogen-bond acceptors (Lipinski definition) is 4. The van der Waals surface area contributed by atoms with Crippen LogP contribution in [0, 0.1) is 5.82 Å². The van der Waals surface area contributed by atoms with Gasteiger partial charge in [0.25, 0.3) is 0 Å². The van der Waals surface area contributed by atoms with E-state index >= 15 is 0 Å². The second-order valence-corrected chi connectivity index (χ2v) is 9.81. The Morgan fingerprint density at radius 3 is 2.49 bits per heavy atom. The number of piperidine rings is 1. The van der Waals surface area contributed by atoms with Gasteiger partial charge in [-0.1, -0.05) is 18.2 Å². The van der Waals surface area contributed by atoms with Crippen LogP contribution < -0.4 is 5.32 Å². The zero-order valence-corrected chi connectivity index (χ0v) is 19.8. The number of carbonyl (C=O) groups excluding carboxylic acids is 2. The molecule has 1 aromatic heterocycles. The molecule has 1 saturated heterocycles. The largest absolute Gasteiger partial charge is 0.390 e. The molecule has 4 heterocycles. The predicted molar refractivity (Wildman–Crippen MR) is 130 cm³/mol. The highest BCUT2D eigenvalue weighted by Crippen LogP contribution is 2.27. The van der Waals surface area contributed by atoms with Crippen molar-refractivity contribution in [2.24, 2.45) is 0 Å². The lowest BCUT2D eigenvalue weighted by atomic mass is 9.94. The third-order valence-corrected chi connectivity index (χ3v) is 7.11. The van der Waals surface area contributed by atoms with Gasteiger partial charge in [0.05, 0.1) is 24.0 Å². The molecule has 0 atom stereocenters. The highest BCUT2D eigenvalue weighted by molar-refractivity contribution is 5.90. The summed E-state index contributed by atoms with van der Waals surface area (Å²) < 4.78 is 13.4. The molecule has 0 saturated carbocycles. The maximum Gasteiger partial charge on any atom is 0.322 e. The lowest BCUT2D eigenvalue weighted by molar-refractivity contribution is 0.000905. The zero-order valence-electron chi connectivity index (χ0n) is 19.8. The van der Waals surface area contributed by atoms with Crippen molar-refractivity contribution in [2.45, 2.75) is 44.9 Å². The van der Waals surface area contributed by atoms with Crippen LogP contribution >= 0.6 is 0 Å². The number of hydrogen-bond donors (Lipinski definition) is 2. The topological polar surface area (TPSA) is 89.0 Å². The van der Waals surface area contributed by atoms with Crippen LogP contribution in [0.4, 0.5) is 19.7 Å². The van der Waals surface area contributed by atoms with Crippen LogP contribution in [0.15, 0.2) is 42.6 Å². The van der Waals surface area contributed by atoms with Gasteiger partial charge in [-0.15, -0.1) is 0 Å². The first kappa shape index (κ1) is 23.3. The fourth-order valence-corrected chi connectivity index (χ4v) is 4.83. The summed E-state index contributed by atoms with van der Waals surface area (Å²) in [6.07, 6.45) is 5.24. The molecule has 2 N–H and O–H groups in total. The van der Waals surface area contributed by atoms with Crippen LogP contribution in [-0.2, 0) is 13.1 Å². The summed E-state index contributed by atoms with van der Waals surface area (Å²) in [5.74, 6) is -0.396. The van der Waals surface area contributed by atoms with Gasteiger partial charge < -0.3 is 25.1 Å². The molecule has 0 unspecified atom stereocenters. The number of aliphatic hydroxyl groups is 1. The highest BCUT2D eigenvalue weighted by Gasteiger charge is 2.32.